The molecule has 2 N–H and O–H groups in total. The van der Waals surface area contributed by atoms with Gasteiger partial charge in [-0.2, -0.15) is 31.1 Å². The number of nitrogens with zero attached hydrogens (tertiary/aromatic N) is 6. The number of aromatic nitrogens is 5. The maximum Gasteiger partial charge on any atom is 0.416 e. The number of halogens is 6. The van der Waals surface area contributed by atoms with Gasteiger partial charge in [0.1, 0.15) is 0 Å². The molecule has 1 fully saturated rings. The number of hydrogen-bond acceptors (Lipinski definition) is 6. The number of aryl methyl sites for hydroxylation is 1. The van der Waals surface area contributed by atoms with E-state index in [9.17, 15) is 26.3 Å². The molecule has 13 heteroatoms. The third-order valence-electron chi connectivity index (χ3n) is 7.69. The van der Waals surface area contributed by atoms with Gasteiger partial charge in [0.05, 0.1) is 34.9 Å². The Balaban J connectivity index is 1.59. The molecule has 1 atom stereocenters. The average molecular weight is 592 g/mol. The summed E-state index contributed by atoms with van der Waals surface area (Å²) in [4.78, 5) is 7.59. The zero-order chi connectivity index (χ0) is 30.3. The molecule has 0 radical (unpaired) electrons. The van der Waals surface area contributed by atoms with Crippen molar-refractivity contribution in [3.05, 3.63) is 76.5 Å². The number of fused-ring (bicyclic) bond motifs is 1. The highest BCUT2D eigenvalue weighted by Crippen LogP contribution is 2.38. The Morgan fingerprint density at radius 1 is 0.929 bits per heavy atom. The molecule has 2 aromatic carbocycles. The third kappa shape index (κ3) is 6.66. The van der Waals surface area contributed by atoms with Crippen LogP contribution in [0.3, 0.4) is 0 Å². The minimum atomic E-state index is -4.97. The molecule has 2 aromatic heterocycles. The first-order valence-electron chi connectivity index (χ1n) is 13.6. The van der Waals surface area contributed by atoms with Crippen LogP contribution in [0.2, 0.25) is 0 Å². The number of benzene rings is 2. The van der Waals surface area contributed by atoms with E-state index in [1.165, 1.54) is 16.7 Å². The lowest BCUT2D eigenvalue weighted by Crippen LogP contribution is -2.38. The van der Waals surface area contributed by atoms with Gasteiger partial charge in [0.15, 0.2) is 0 Å². The second-order valence-corrected chi connectivity index (χ2v) is 11.3. The largest absolute Gasteiger partial charge is 0.416 e. The van der Waals surface area contributed by atoms with E-state index in [0.717, 1.165) is 36.6 Å². The van der Waals surface area contributed by atoms with Crippen molar-refractivity contribution in [2.75, 3.05) is 4.90 Å². The normalized spacial score (nSPS) is 16.2. The zero-order valence-corrected chi connectivity index (χ0v) is 23.2. The number of anilines is 1. The van der Waals surface area contributed by atoms with Crippen LogP contribution < -0.4 is 10.6 Å². The summed E-state index contributed by atoms with van der Waals surface area (Å²) >= 11 is 0. The maximum atomic E-state index is 13.6. The van der Waals surface area contributed by atoms with Gasteiger partial charge in [0.2, 0.25) is 0 Å². The number of tetrazole rings is 1. The lowest BCUT2D eigenvalue weighted by atomic mass is 9.83. The van der Waals surface area contributed by atoms with Gasteiger partial charge in [0.25, 0.3) is 5.95 Å². The molecule has 1 aliphatic carbocycles. The molecular formula is C29H31F6N7. The SMILES string of the molecule is Cn1nnc(N(Cc2cc(C(F)(F)F)cc(C(F)(F)F)c2)Cc2cc3ccccc3nc2C(C)(N)CC2CCCC2)n1. The molecule has 1 saturated carbocycles. The van der Waals surface area contributed by atoms with Crippen molar-refractivity contribution in [2.24, 2.45) is 18.7 Å². The van der Waals surface area contributed by atoms with Gasteiger partial charge in [-0.15, -0.1) is 5.10 Å². The number of alkyl halides is 6. The fourth-order valence-electron chi connectivity index (χ4n) is 5.82. The van der Waals surface area contributed by atoms with E-state index < -0.39 is 29.0 Å². The average Bonchev–Trinajstić information content (AvgIpc) is 3.58. The van der Waals surface area contributed by atoms with Crippen molar-refractivity contribution >= 4 is 16.9 Å². The lowest BCUT2D eigenvalue weighted by molar-refractivity contribution is -0.143. The smallest absolute Gasteiger partial charge is 0.329 e. The Labute approximate surface area is 238 Å². The summed E-state index contributed by atoms with van der Waals surface area (Å²) in [6, 6.07) is 10.9. The monoisotopic (exact) mass is 591 g/mol. The van der Waals surface area contributed by atoms with Crippen LogP contribution >= 0.6 is 0 Å². The summed E-state index contributed by atoms with van der Waals surface area (Å²) < 4.78 is 81.6. The molecule has 5 rings (SSSR count). The van der Waals surface area contributed by atoms with E-state index in [1.54, 1.807) is 0 Å². The number of nitrogens with two attached hydrogens (primary N) is 1. The molecule has 2 heterocycles. The zero-order valence-electron chi connectivity index (χ0n) is 23.2. The summed E-state index contributed by atoms with van der Waals surface area (Å²) in [5.41, 5.74) is 5.13. The Bertz CT molecular complexity index is 1520. The van der Waals surface area contributed by atoms with Gasteiger partial charge >= 0.3 is 12.4 Å². The lowest BCUT2D eigenvalue weighted by Gasteiger charge is -2.31. The van der Waals surface area contributed by atoms with Gasteiger partial charge in [-0.3, -0.25) is 4.98 Å². The number of para-hydroxylation sites is 1. The van der Waals surface area contributed by atoms with Crippen molar-refractivity contribution in [1.82, 2.24) is 25.2 Å². The molecule has 1 aliphatic rings. The van der Waals surface area contributed by atoms with Gasteiger partial charge in [-0.05, 0) is 65.9 Å². The summed E-state index contributed by atoms with van der Waals surface area (Å²) in [6.07, 6.45) is -4.82. The molecule has 0 aliphatic heterocycles. The van der Waals surface area contributed by atoms with Crippen LogP contribution in [0.5, 0.6) is 0 Å². The van der Waals surface area contributed by atoms with Gasteiger partial charge < -0.3 is 10.6 Å². The molecule has 224 valence electrons. The highest BCUT2D eigenvalue weighted by Gasteiger charge is 2.37. The maximum absolute atomic E-state index is 13.6. The molecule has 0 bridgehead atoms. The standard InChI is InChI=1S/C29H31F6N7/c1-27(36,15-18-7-3-4-8-18)25-21(13-20-9-5-6-10-24(20)37-25)17-42(26-38-40-41(2)39-26)16-19-11-22(28(30,31)32)14-23(12-19)29(33,34)35/h5-6,9-14,18H,3-4,7-8,15-17,36H2,1-2H3. The summed E-state index contributed by atoms with van der Waals surface area (Å²) in [5.74, 6) is 0.474. The molecular weight excluding hydrogens is 560 g/mol. The molecule has 0 spiro atoms. The predicted octanol–water partition coefficient (Wildman–Crippen LogP) is 6.76. The number of hydrogen-bond donors (Lipinski definition) is 1. The van der Waals surface area contributed by atoms with Gasteiger partial charge in [0, 0.05) is 18.5 Å². The fraction of sp³-hybridized carbons (Fsp3) is 0.448. The molecule has 0 amide bonds. The van der Waals surface area contributed by atoms with E-state index in [1.807, 2.05) is 37.3 Å². The van der Waals surface area contributed by atoms with Crippen molar-refractivity contribution in [1.29, 1.82) is 0 Å². The Hall–Kier alpha value is -3.74. The van der Waals surface area contributed by atoms with Crippen LogP contribution in [0.1, 0.15) is 67.0 Å². The van der Waals surface area contributed by atoms with Crippen molar-refractivity contribution < 1.29 is 26.3 Å². The van der Waals surface area contributed by atoms with Crippen LogP contribution in [0.25, 0.3) is 10.9 Å². The number of rotatable bonds is 8. The topological polar surface area (TPSA) is 85.8 Å². The van der Waals surface area contributed by atoms with E-state index in [-0.39, 0.29) is 30.7 Å². The van der Waals surface area contributed by atoms with E-state index in [0.29, 0.717) is 35.7 Å². The first kappa shape index (κ1) is 29.7. The van der Waals surface area contributed by atoms with Crippen LogP contribution in [-0.4, -0.2) is 25.2 Å². The first-order valence-corrected chi connectivity index (χ1v) is 13.6. The minimum absolute atomic E-state index is 0.0217. The predicted molar refractivity (Wildman–Crippen MR) is 145 cm³/mol. The summed E-state index contributed by atoms with van der Waals surface area (Å²) in [6.45, 7) is 1.59. The molecule has 1 unspecified atom stereocenters. The second kappa shape index (κ2) is 11.2. The van der Waals surface area contributed by atoms with Crippen molar-refractivity contribution in [2.45, 2.75) is 70.0 Å². The quantitative estimate of drug-likeness (QED) is 0.228. The van der Waals surface area contributed by atoms with Crippen molar-refractivity contribution in [3.63, 3.8) is 0 Å². The van der Waals surface area contributed by atoms with Gasteiger partial charge in [-0.1, -0.05) is 49.0 Å². The van der Waals surface area contributed by atoms with E-state index >= 15 is 0 Å². The van der Waals surface area contributed by atoms with Crippen LogP contribution in [0, 0.1) is 5.92 Å². The van der Waals surface area contributed by atoms with Crippen molar-refractivity contribution in [3.8, 4) is 0 Å². The highest BCUT2D eigenvalue weighted by molar-refractivity contribution is 5.79. The van der Waals surface area contributed by atoms with Crippen LogP contribution in [0.4, 0.5) is 32.3 Å². The number of pyridine rings is 1. The molecule has 7 nitrogen and oxygen atoms in total. The first-order chi connectivity index (χ1) is 19.7. The molecule has 4 aromatic rings. The minimum Gasteiger partial charge on any atom is -0.329 e. The molecule has 0 saturated heterocycles. The highest BCUT2D eigenvalue weighted by atomic mass is 19.4. The van der Waals surface area contributed by atoms with Crippen LogP contribution in [-0.2, 0) is 38.0 Å². The Morgan fingerprint density at radius 3 is 2.17 bits per heavy atom. The second-order valence-electron chi connectivity index (χ2n) is 11.3. The fourth-order valence-corrected chi connectivity index (χ4v) is 5.82. The third-order valence-corrected chi connectivity index (χ3v) is 7.69. The van der Waals surface area contributed by atoms with E-state index in [2.05, 4.69) is 15.4 Å². The van der Waals surface area contributed by atoms with E-state index in [4.69, 9.17) is 10.7 Å². The molecule has 42 heavy (non-hydrogen) atoms. The van der Waals surface area contributed by atoms with Crippen LogP contribution in [0.15, 0.2) is 48.5 Å². The Kier molecular flexibility index (Phi) is 7.90. The summed E-state index contributed by atoms with van der Waals surface area (Å²) in [7, 11) is 1.52. The summed E-state index contributed by atoms with van der Waals surface area (Å²) in [5, 5.41) is 12.9. The van der Waals surface area contributed by atoms with Gasteiger partial charge in [-0.25, -0.2) is 0 Å². The Morgan fingerprint density at radius 2 is 1.57 bits per heavy atom.